The molecule has 0 aliphatic carbocycles. The summed E-state index contributed by atoms with van der Waals surface area (Å²) in [5.41, 5.74) is 2.76. The largest absolute Gasteiger partial charge is 0.308 e. The van der Waals surface area contributed by atoms with E-state index in [1.54, 1.807) is 22.7 Å². The lowest BCUT2D eigenvalue weighted by Gasteiger charge is -2.12. The Morgan fingerprint density at radius 1 is 1.35 bits per heavy atom. The molecule has 2 rings (SSSR count). The van der Waals surface area contributed by atoms with Crippen molar-refractivity contribution in [1.29, 1.82) is 0 Å². The van der Waals surface area contributed by atoms with Crippen molar-refractivity contribution in [2.75, 3.05) is 6.54 Å². The van der Waals surface area contributed by atoms with E-state index in [9.17, 15) is 0 Å². The van der Waals surface area contributed by atoms with Crippen LogP contribution in [0.15, 0.2) is 10.9 Å². The highest BCUT2D eigenvalue weighted by Gasteiger charge is 2.15. The molecule has 0 spiro atoms. The van der Waals surface area contributed by atoms with E-state index in [0.717, 1.165) is 35.1 Å². The Labute approximate surface area is 109 Å². The van der Waals surface area contributed by atoms with Crippen LogP contribution in [0.25, 0.3) is 10.7 Å². The van der Waals surface area contributed by atoms with Gasteiger partial charge in [0.2, 0.25) is 0 Å². The number of nitrogens with zero attached hydrogens (tertiary/aromatic N) is 3. The number of thiazole rings is 1. The molecule has 4 nitrogen and oxygen atoms in total. The second-order valence-corrected chi connectivity index (χ2v) is 5.46. The first-order chi connectivity index (χ1) is 8.35. The highest BCUT2D eigenvalue weighted by atomic mass is 32.1. The van der Waals surface area contributed by atoms with E-state index < -0.39 is 0 Å². The summed E-state index contributed by atoms with van der Waals surface area (Å²) < 4.78 is 0. The maximum atomic E-state index is 4.27. The van der Waals surface area contributed by atoms with Gasteiger partial charge in [0.1, 0.15) is 10.7 Å². The molecule has 2 aromatic rings. The molecule has 0 saturated heterocycles. The van der Waals surface area contributed by atoms with E-state index in [-0.39, 0.29) is 0 Å². The van der Waals surface area contributed by atoms with Crippen molar-refractivity contribution < 1.29 is 0 Å². The van der Waals surface area contributed by atoms with Gasteiger partial charge in [-0.3, -0.25) is 0 Å². The van der Waals surface area contributed by atoms with Crippen molar-refractivity contribution >= 4 is 22.7 Å². The zero-order valence-corrected chi connectivity index (χ0v) is 11.6. The van der Waals surface area contributed by atoms with Gasteiger partial charge in [-0.25, -0.2) is 4.98 Å². The van der Waals surface area contributed by atoms with E-state index in [1.165, 1.54) is 0 Å². The predicted octanol–water partition coefficient (Wildman–Crippen LogP) is 3.11. The van der Waals surface area contributed by atoms with Crippen LogP contribution in [0.3, 0.4) is 0 Å². The van der Waals surface area contributed by atoms with E-state index in [1.807, 2.05) is 10.9 Å². The standard InChI is InChI=1S/C11H16N4S2/c1-3-5-12-8(4-2)10-14-15-11(17-10)9-6-16-7-13-9/h6-8,12H,3-5H2,1-2H3. The Kier molecular flexibility index (Phi) is 4.58. The van der Waals surface area contributed by atoms with Gasteiger partial charge in [-0.2, -0.15) is 0 Å². The van der Waals surface area contributed by atoms with Crippen LogP contribution in [-0.4, -0.2) is 21.7 Å². The van der Waals surface area contributed by atoms with Crippen LogP contribution in [0.2, 0.25) is 0 Å². The van der Waals surface area contributed by atoms with Gasteiger partial charge in [-0.05, 0) is 19.4 Å². The molecule has 92 valence electrons. The normalized spacial score (nSPS) is 12.8. The SMILES string of the molecule is CCCNC(CC)c1nnc(-c2cscn2)s1. The third-order valence-electron chi connectivity index (χ3n) is 2.44. The fraction of sp³-hybridized carbons (Fsp3) is 0.545. The summed E-state index contributed by atoms with van der Waals surface area (Å²) in [4.78, 5) is 4.25. The summed E-state index contributed by atoms with van der Waals surface area (Å²) in [6.07, 6.45) is 2.17. The van der Waals surface area contributed by atoms with Gasteiger partial charge >= 0.3 is 0 Å². The molecular formula is C11H16N4S2. The van der Waals surface area contributed by atoms with Crippen molar-refractivity contribution in [3.63, 3.8) is 0 Å². The third-order valence-corrected chi connectivity index (χ3v) is 4.09. The summed E-state index contributed by atoms with van der Waals surface area (Å²) in [7, 11) is 0. The molecule has 17 heavy (non-hydrogen) atoms. The molecular weight excluding hydrogens is 252 g/mol. The summed E-state index contributed by atoms with van der Waals surface area (Å²) >= 11 is 3.22. The number of aromatic nitrogens is 3. The van der Waals surface area contributed by atoms with Crippen LogP contribution in [0.1, 0.15) is 37.7 Å². The fourth-order valence-corrected chi connectivity index (χ4v) is 3.10. The molecule has 0 bridgehead atoms. The molecule has 0 aliphatic heterocycles. The lowest BCUT2D eigenvalue weighted by Crippen LogP contribution is -2.21. The average molecular weight is 268 g/mol. The maximum Gasteiger partial charge on any atom is 0.167 e. The second kappa shape index (κ2) is 6.18. The van der Waals surface area contributed by atoms with Crippen molar-refractivity contribution in [3.05, 3.63) is 15.9 Å². The molecule has 2 heterocycles. The first-order valence-corrected chi connectivity index (χ1v) is 7.56. The van der Waals surface area contributed by atoms with Crippen LogP contribution >= 0.6 is 22.7 Å². The minimum atomic E-state index is 0.319. The Hall–Kier alpha value is -0.850. The maximum absolute atomic E-state index is 4.27. The molecule has 0 aliphatic rings. The fourth-order valence-electron chi connectivity index (χ4n) is 1.52. The molecule has 1 atom stereocenters. The summed E-state index contributed by atoms with van der Waals surface area (Å²) in [6.45, 7) is 5.35. The van der Waals surface area contributed by atoms with Gasteiger partial charge in [0.25, 0.3) is 0 Å². The second-order valence-electron chi connectivity index (χ2n) is 3.73. The van der Waals surface area contributed by atoms with Crippen LogP contribution in [-0.2, 0) is 0 Å². The monoisotopic (exact) mass is 268 g/mol. The minimum Gasteiger partial charge on any atom is -0.308 e. The van der Waals surface area contributed by atoms with E-state index >= 15 is 0 Å². The third kappa shape index (κ3) is 3.08. The number of nitrogens with one attached hydrogen (secondary N) is 1. The highest BCUT2D eigenvalue weighted by Crippen LogP contribution is 2.27. The predicted molar refractivity (Wildman–Crippen MR) is 72.3 cm³/mol. The van der Waals surface area contributed by atoms with Gasteiger partial charge < -0.3 is 5.32 Å². The van der Waals surface area contributed by atoms with Crippen LogP contribution in [0.4, 0.5) is 0 Å². The Morgan fingerprint density at radius 2 is 2.24 bits per heavy atom. The van der Waals surface area contributed by atoms with Gasteiger partial charge in [0.15, 0.2) is 5.01 Å². The van der Waals surface area contributed by atoms with Crippen LogP contribution < -0.4 is 5.32 Å². The summed E-state index contributed by atoms with van der Waals surface area (Å²) in [6, 6.07) is 0.319. The molecule has 2 aromatic heterocycles. The minimum absolute atomic E-state index is 0.319. The number of hydrogen-bond acceptors (Lipinski definition) is 6. The van der Waals surface area contributed by atoms with E-state index in [4.69, 9.17) is 0 Å². The van der Waals surface area contributed by atoms with Gasteiger partial charge in [-0.1, -0.05) is 25.2 Å². The lowest BCUT2D eigenvalue weighted by atomic mass is 10.2. The first kappa shape index (κ1) is 12.6. The van der Waals surface area contributed by atoms with Crippen LogP contribution in [0, 0.1) is 0 Å². The van der Waals surface area contributed by atoms with Crippen molar-refractivity contribution in [2.24, 2.45) is 0 Å². The molecule has 0 amide bonds. The Morgan fingerprint density at radius 3 is 2.88 bits per heavy atom. The van der Waals surface area contributed by atoms with Gasteiger partial charge in [0.05, 0.1) is 11.6 Å². The Balaban J connectivity index is 2.11. The number of rotatable bonds is 6. The first-order valence-electron chi connectivity index (χ1n) is 5.80. The zero-order chi connectivity index (χ0) is 12.1. The smallest absolute Gasteiger partial charge is 0.167 e. The molecule has 6 heteroatoms. The average Bonchev–Trinajstić information content (AvgIpc) is 3.00. The lowest BCUT2D eigenvalue weighted by molar-refractivity contribution is 0.513. The highest BCUT2D eigenvalue weighted by molar-refractivity contribution is 7.15. The van der Waals surface area contributed by atoms with E-state index in [0.29, 0.717) is 6.04 Å². The molecule has 1 N–H and O–H groups in total. The topological polar surface area (TPSA) is 50.7 Å². The van der Waals surface area contributed by atoms with Crippen molar-refractivity contribution in [3.8, 4) is 10.7 Å². The molecule has 0 aromatic carbocycles. The van der Waals surface area contributed by atoms with Gasteiger partial charge in [0, 0.05) is 5.38 Å². The van der Waals surface area contributed by atoms with E-state index in [2.05, 4.69) is 34.3 Å². The van der Waals surface area contributed by atoms with Crippen LogP contribution in [0.5, 0.6) is 0 Å². The number of hydrogen-bond donors (Lipinski definition) is 1. The van der Waals surface area contributed by atoms with Crippen molar-refractivity contribution in [2.45, 2.75) is 32.7 Å². The summed E-state index contributed by atoms with van der Waals surface area (Å²) in [5.74, 6) is 0. The zero-order valence-electron chi connectivity index (χ0n) is 10.0. The van der Waals surface area contributed by atoms with Gasteiger partial charge in [-0.15, -0.1) is 21.5 Å². The Bertz CT molecular complexity index is 438. The molecule has 1 unspecified atom stereocenters. The molecule has 0 radical (unpaired) electrons. The quantitative estimate of drug-likeness (QED) is 0.874. The summed E-state index contributed by atoms with van der Waals surface area (Å²) in [5, 5.41) is 15.9. The van der Waals surface area contributed by atoms with Crippen molar-refractivity contribution in [1.82, 2.24) is 20.5 Å². The molecule has 0 fully saturated rings. The molecule has 0 saturated carbocycles.